The summed E-state index contributed by atoms with van der Waals surface area (Å²) in [6, 6.07) is 9.80. The van der Waals surface area contributed by atoms with E-state index in [0.29, 0.717) is 5.69 Å². The second-order valence-electron chi connectivity index (χ2n) is 4.14. The minimum atomic E-state index is 0.713. The van der Waals surface area contributed by atoms with E-state index in [-0.39, 0.29) is 0 Å². The number of nitrogens with two attached hydrogens (primary N) is 1. The molecule has 90 valence electrons. The van der Waals surface area contributed by atoms with Gasteiger partial charge in [0, 0.05) is 24.5 Å². The number of aryl methyl sites for hydroxylation is 1. The Bertz CT molecular complexity index is 686. The number of pyridine rings is 1. The molecule has 3 rings (SSSR count). The van der Waals surface area contributed by atoms with E-state index in [1.165, 1.54) is 0 Å². The van der Waals surface area contributed by atoms with Gasteiger partial charge in [0.2, 0.25) is 0 Å². The van der Waals surface area contributed by atoms with E-state index in [9.17, 15) is 0 Å². The lowest BCUT2D eigenvalue weighted by Gasteiger charge is -2.05. The first-order valence-electron chi connectivity index (χ1n) is 5.96. The molecule has 0 amide bonds. The number of nitrogens with zero attached hydrogens (tertiary/aromatic N) is 3. The zero-order valence-electron chi connectivity index (χ0n) is 10.2. The molecular weight excluding hydrogens is 224 g/mol. The average Bonchev–Trinajstić information content (AvgIpc) is 2.80. The molecule has 4 heteroatoms. The van der Waals surface area contributed by atoms with Crippen molar-refractivity contribution in [2.45, 2.75) is 13.5 Å². The molecule has 2 aromatic heterocycles. The van der Waals surface area contributed by atoms with Crippen molar-refractivity contribution >= 4 is 16.7 Å². The summed E-state index contributed by atoms with van der Waals surface area (Å²) in [5.74, 6) is 0.915. The van der Waals surface area contributed by atoms with Gasteiger partial charge in [0.1, 0.15) is 11.3 Å². The van der Waals surface area contributed by atoms with Crippen LogP contribution in [0.15, 0.2) is 42.7 Å². The molecule has 0 bridgehead atoms. The molecule has 0 saturated heterocycles. The summed E-state index contributed by atoms with van der Waals surface area (Å²) in [6.07, 6.45) is 3.58. The van der Waals surface area contributed by atoms with Gasteiger partial charge in [-0.1, -0.05) is 6.07 Å². The van der Waals surface area contributed by atoms with Crippen molar-refractivity contribution in [1.82, 2.24) is 14.5 Å². The fourth-order valence-corrected chi connectivity index (χ4v) is 2.20. The minimum absolute atomic E-state index is 0.713. The van der Waals surface area contributed by atoms with E-state index in [1.807, 2.05) is 36.5 Å². The average molecular weight is 238 g/mol. The van der Waals surface area contributed by atoms with E-state index >= 15 is 0 Å². The summed E-state index contributed by atoms with van der Waals surface area (Å²) in [5, 5.41) is 0. The Labute approximate surface area is 105 Å². The second-order valence-corrected chi connectivity index (χ2v) is 4.14. The van der Waals surface area contributed by atoms with E-state index in [0.717, 1.165) is 29.0 Å². The highest BCUT2D eigenvalue weighted by Crippen LogP contribution is 2.27. The summed E-state index contributed by atoms with van der Waals surface area (Å²) < 4.78 is 2.16. The van der Waals surface area contributed by atoms with Crippen LogP contribution in [-0.2, 0) is 6.54 Å². The van der Waals surface area contributed by atoms with Crippen molar-refractivity contribution in [2.75, 3.05) is 5.73 Å². The number of para-hydroxylation sites is 1. The standard InChI is InChI=1S/C14H14N4/c1-2-18-12-7-3-6-11(15)13(12)17-14(18)10-5-4-8-16-9-10/h3-9H,2,15H2,1H3. The fraction of sp³-hybridized carbons (Fsp3) is 0.143. The first kappa shape index (κ1) is 10.8. The van der Waals surface area contributed by atoms with Gasteiger partial charge in [-0.2, -0.15) is 0 Å². The third-order valence-corrected chi connectivity index (χ3v) is 3.05. The Balaban J connectivity index is 2.33. The van der Waals surface area contributed by atoms with Gasteiger partial charge in [-0.05, 0) is 31.2 Å². The molecule has 4 nitrogen and oxygen atoms in total. The lowest BCUT2D eigenvalue weighted by atomic mass is 10.2. The van der Waals surface area contributed by atoms with Gasteiger partial charge < -0.3 is 10.3 Å². The van der Waals surface area contributed by atoms with Crippen LogP contribution < -0.4 is 5.73 Å². The topological polar surface area (TPSA) is 56.7 Å². The summed E-state index contributed by atoms with van der Waals surface area (Å²) in [4.78, 5) is 8.80. The van der Waals surface area contributed by atoms with Crippen LogP contribution in [0.5, 0.6) is 0 Å². The lowest BCUT2D eigenvalue weighted by molar-refractivity contribution is 0.796. The number of imidazole rings is 1. The van der Waals surface area contributed by atoms with Gasteiger partial charge in [0.25, 0.3) is 0 Å². The molecule has 3 aromatic rings. The Hall–Kier alpha value is -2.36. The van der Waals surface area contributed by atoms with E-state index in [2.05, 4.69) is 21.5 Å². The van der Waals surface area contributed by atoms with Gasteiger partial charge in [-0.3, -0.25) is 4.98 Å². The van der Waals surface area contributed by atoms with Gasteiger partial charge in [-0.25, -0.2) is 4.98 Å². The third-order valence-electron chi connectivity index (χ3n) is 3.05. The molecular formula is C14H14N4. The Morgan fingerprint density at radius 3 is 2.83 bits per heavy atom. The van der Waals surface area contributed by atoms with Crippen molar-refractivity contribution in [2.24, 2.45) is 0 Å². The predicted octanol–water partition coefficient (Wildman–Crippen LogP) is 2.70. The first-order chi connectivity index (χ1) is 8.81. The fourth-order valence-electron chi connectivity index (χ4n) is 2.20. The first-order valence-corrected chi connectivity index (χ1v) is 5.96. The second kappa shape index (κ2) is 4.14. The maximum Gasteiger partial charge on any atom is 0.142 e. The largest absolute Gasteiger partial charge is 0.397 e. The van der Waals surface area contributed by atoms with Gasteiger partial charge >= 0.3 is 0 Å². The maximum absolute atomic E-state index is 5.98. The highest BCUT2D eigenvalue weighted by atomic mass is 15.1. The normalized spacial score (nSPS) is 10.9. The van der Waals surface area contributed by atoms with E-state index in [4.69, 9.17) is 5.73 Å². The zero-order chi connectivity index (χ0) is 12.5. The molecule has 0 fully saturated rings. The van der Waals surface area contributed by atoms with Crippen molar-refractivity contribution in [3.05, 3.63) is 42.7 Å². The Kier molecular flexibility index (Phi) is 2.48. The molecule has 0 saturated carbocycles. The Morgan fingerprint density at radius 2 is 2.11 bits per heavy atom. The number of aromatic nitrogens is 3. The molecule has 0 spiro atoms. The van der Waals surface area contributed by atoms with E-state index in [1.54, 1.807) is 6.20 Å². The number of anilines is 1. The highest BCUT2D eigenvalue weighted by Gasteiger charge is 2.12. The van der Waals surface area contributed by atoms with Crippen molar-refractivity contribution in [1.29, 1.82) is 0 Å². The highest BCUT2D eigenvalue weighted by molar-refractivity contribution is 5.90. The molecule has 0 aliphatic heterocycles. The van der Waals surface area contributed by atoms with Crippen LogP contribution in [0.1, 0.15) is 6.92 Å². The quantitative estimate of drug-likeness (QED) is 0.698. The third kappa shape index (κ3) is 1.54. The summed E-state index contributed by atoms with van der Waals surface area (Å²) in [5.41, 5.74) is 9.63. The molecule has 18 heavy (non-hydrogen) atoms. The SMILES string of the molecule is CCn1c(-c2cccnc2)nc2c(N)cccc21. The molecule has 0 aliphatic rings. The smallest absolute Gasteiger partial charge is 0.142 e. The number of rotatable bonds is 2. The van der Waals surface area contributed by atoms with Gasteiger partial charge in [0.15, 0.2) is 0 Å². The van der Waals surface area contributed by atoms with Crippen LogP contribution in [0.4, 0.5) is 5.69 Å². The van der Waals surface area contributed by atoms with Crippen molar-refractivity contribution in [3.63, 3.8) is 0 Å². The molecule has 2 N–H and O–H groups in total. The summed E-state index contributed by atoms with van der Waals surface area (Å²) in [6.45, 7) is 2.95. The predicted molar refractivity (Wildman–Crippen MR) is 73.1 cm³/mol. The Morgan fingerprint density at radius 1 is 1.22 bits per heavy atom. The molecule has 0 radical (unpaired) electrons. The monoisotopic (exact) mass is 238 g/mol. The van der Waals surface area contributed by atoms with Crippen LogP contribution in [-0.4, -0.2) is 14.5 Å². The number of hydrogen-bond donors (Lipinski definition) is 1. The molecule has 2 heterocycles. The van der Waals surface area contributed by atoms with Crippen molar-refractivity contribution in [3.8, 4) is 11.4 Å². The number of fused-ring (bicyclic) bond motifs is 1. The van der Waals surface area contributed by atoms with Crippen LogP contribution in [0.25, 0.3) is 22.4 Å². The number of nitrogen functional groups attached to an aromatic ring is 1. The molecule has 1 aromatic carbocycles. The van der Waals surface area contributed by atoms with Crippen LogP contribution in [0.3, 0.4) is 0 Å². The maximum atomic E-state index is 5.98. The molecule has 0 unspecified atom stereocenters. The van der Waals surface area contributed by atoms with Crippen LogP contribution >= 0.6 is 0 Å². The summed E-state index contributed by atoms with van der Waals surface area (Å²) >= 11 is 0. The van der Waals surface area contributed by atoms with Crippen LogP contribution in [0, 0.1) is 0 Å². The molecule has 0 aliphatic carbocycles. The number of hydrogen-bond acceptors (Lipinski definition) is 3. The lowest BCUT2D eigenvalue weighted by Crippen LogP contribution is -1.97. The zero-order valence-corrected chi connectivity index (χ0v) is 10.2. The van der Waals surface area contributed by atoms with E-state index < -0.39 is 0 Å². The van der Waals surface area contributed by atoms with Gasteiger partial charge in [-0.15, -0.1) is 0 Å². The summed E-state index contributed by atoms with van der Waals surface area (Å²) in [7, 11) is 0. The minimum Gasteiger partial charge on any atom is -0.397 e. The number of benzene rings is 1. The van der Waals surface area contributed by atoms with Gasteiger partial charge in [0.05, 0.1) is 11.2 Å². The molecule has 0 atom stereocenters. The van der Waals surface area contributed by atoms with Crippen LogP contribution in [0.2, 0.25) is 0 Å². The van der Waals surface area contributed by atoms with Crippen molar-refractivity contribution < 1.29 is 0 Å².